The van der Waals surface area contributed by atoms with Crippen molar-refractivity contribution in [1.29, 1.82) is 0 Å². The zero-order valence-corrected chi connectivity index (χ0v) is 13.0. The number of anilines is 1. The Morgan fingerprint density at radius 1 is 1.05 bits per heavy atom. The Morgan fingerprint density at radius 3 is 2.41 bits per heavy atom. The predicted octanol–water partition coefficient (Wildman–Crippen LogP) is 2.11. The van der Waals surface area contributed by atoms with Gasteiger partial charge in [0.05, 0.1) is 6.54 Å². The fraction of sp³-hybridized carbons (Fsp3) is 0.529. The topological polar surface area (TPSA) is 61.9 Å². The fourth-order valence-electron chi connectivity index (χ4n) is 3.10. The highest BCUT2D eigenvalue weighted by atomic mass is 16.2. The van der Waals surface area contributed by atoms with Crippen molar-refractivity contribution < 1.29 is 4.79 Å². The minimum absolute atomic E-state index is 0.222. The third kappa shape index (κ3) is 3.40. The third-order valence-corrected chi connectivity index (χ3v) is 4.43. The maximum atomic E-state index is 11.7. The van der Waals surface area contributed by atoms with Gasteiger partial charge < -0.3 is 15.5 Å². The molecule has 118 valence electrons. The summed E-state index contributed by atoms with van der Waals surface area (Å²) < 4.78 is 0. The minimum Gasteiger partial charge on any atom is -0.370 e. The normalized spacial score (nSPS) is 19.8. The van der Waals surface area contributed by atoms with Gasteiger partial charge in [0, 0.05) is 31.7 Å². The van der Waals surface area contributed by atoms with Crippen LogP contribution in [0, 0.1) is 0 Å². The lowest BCUT2D eigenvalue weighted by Crippen LogP contribution is -2.40. The largest absolute Gasteiger partial charge is 0.370 e. The lowest BCUT2D eigenvalue weighted by molar-refractivity contribution is -0.117. The number of piperidine rings is 1. The van der Waals surface area contributed by atoms with Crippen molar-refractivity contribution in [2.45, 2.75) is 38.6 Å². The van der Waals surface area contributed by atoms with Crippen molar-refractivity contribution in [3.8, 4) is 0 Å². The van der Waals surface area contributed by atoms with Crippen molar-refractivity contribution in [1.82, 2.24) is 4.90 Å². The molecule has 0 bridgehead atoms. The second-order valence-electron chi connectivity index (χ2n) is 6.04. The minimum atomic E-state index is 0.222. The molecular formula is C17H24N4O. The summed E-state index contributed by atoms with van der Waals surface area (Å²) in [6.07, 6.45) is 5.32. The first-order valence-corrected chi connectivity index (χ1v) is 8.18. The van der Waals surface area contributed by atoms with Crippen LogP contribution in [0.3, 0.4) is 0 Å². The zero-order valence-electron chi connectivity index (χ0n) is 13.0. The first-order valence-electron chi connectivity index (χ1n) is 8.18. The number of carbonyl (C=O) groups is 1. The Morgan fingerprint density at radius 2 is 1.77 bits per heavy atom. The van der Waals surface area contributed by atoms with Crippen LogP contribution in [0.4, 0.5) is 5.69 Å². The third-order valence-electron chi connectivity index (χ3n) is 4.43. The first kappa shape index (κ1) is 14.9. The van der Waals surface area contributed by atoms with Crippen LogP contribution < -0.4 is 10.6 Å². The molecule has 2 saturated heterocycles. The Labute approximate surface area is 131 Å². The molecular weight excluding hydrogens is 276 g/mol. The van der Waals surface area contributed by atoms with E-state index in [2.05, 4.69) is 9.89 Å². The standard InChI is InChI=1S/C17H24N4O/c18-17(20-10-2-1-3-11-20)19-13-14-6-8-15(9-7-14)21-12-4-5-16(21)22/h6-9H,1-5,10-13H2,(H2,18,19). The lowest BCUT2D eigenvalue weighted by atomic mass is 10.1. The quantitative estimate of drug-likeness (QED) is 0.687. The fourth-order valence-corrected chi connectivity index (χ4v) is 3.10. The van der Waals surface area contributed by atoms with Crippen LogP contribution in [-0.2, 0) is 11.3 Å². The molecule has 0 unspecified atom stereocenters. The molecule has 3 rings (SSSR count). The van der Waals surface area contributed by atoms with Gasteiger partial charge >= 0.3 is 0 Å². The van der Waals surface area contributed by atoms with E-state index < -0.39 is 0 Å². The second-order valence-corrected chi connectivity index (χ2v) is 6.04. The van der Waals surface area contributed by atoms with E-state index in [1.165, 1.54) is 19.3 Å². The zero-order chi connectivity index (χ0) is 15.4. The summed E-state index contributed by atoms with van der Waals surface area (Å²) >= 11 is 0. The molecule has 2 aliphatic rings. The molecule has 22 heavy (non-hydrogen) atoms. The summed E-state index contributed by atoms with van der Waals surface area (Å²) in [5.41, 5.74) is 8.17. The number of hydrogen-bond donors (Lipinski definition) is 1. The van der Waals surface area contributed by atoms with Crippen molar-refractivity contribution in [3.63, 3.8) is 0 Å². The Hall–Kier alpha value is -2.04. The van der Waals surface area contributed by atoms with Crippen LogP contribution in [0.2, 0.25) is 0 Å². The average Bonchev–Trinajstić information content (AvgIpc) is 3.00. The van der Waals surface area contributed by atoms with E-state index in [0.717, 1.165) is 37.3 Å². The van der Waals surface area contributed by atoms with E-state index in [-0.39, 0.29) is 5.91 Å². The molecule has 0 saturated carbocycles. The van der Waals surface area contributed by atoms with Crippen LogP contribution in [0.5, 0.6) is 0 Å². The van der Waals surface area contributed by atoms with Gasteiger partial charge in [-0.3, -0.25) is 4.79 Å². The van der Waals surface area contributed by atoms with Gasteiger partial charge in [0.2, 0.25) is 5.91 Å². The predicted molar refractivity (Wildman–Crippen MR) is 88.8 cm³/mol. The molecule has 0 atom stereocenters. The molecule has 1 aromatic rings. The number of nitrogens with two attached hydrogens (primary N) is 1. The number of guanidine groups is 1. The lowest BCUT2D eigenvalue weighted by Gasteiger charge is -2.27. The van der Waals surface area contributed by atoms with E-state index in [0.29, 0.717) is 18.9 Å². The Bertz CT molecular complexity index is 546. The van der Waals surface area contributed by atoms with E-state index in [1.54, 1.807) is 0 Å². The summed E-state index contributed by atoms with van der Waals surface area (Å²) in [5.74, 6) is 0.874. The number of carbonyl (C=O) groups excluding carboxylic acids is 1. The van der Waals surface area contributed by atoms with Crippen LogP contribution >= 0.6 is 0 Å². The number of benzene rings is 1. The monoisotopic (exact) mass is 300 g/mol. The molecule has 0 spiro atoms. The molecule has 2 N–H and O–H groups in total. The highest BCUT2D eigenvalue weighted by Crippen LogP contribution is 2.21. The summed E-state index contributed by atoms with van der Waals surface area (Å²) in [6, 6.07) is 8.08. The number of nitrogens with zero attached hydrogens (tertiary/aromatic N) is 3. The molecule has 0 radical (unpaired) electrons. The van der Waals surface area contributed by atoms with Crippen molar-refractivity contribution in [2.75, 3.05) is 24.5 Å². The van der Waals surface area contributed by atoms with Gasteiger partial charge in [-0.25, -0.2) is 4.99 Å². The van der Waals surface area contributed by atoms with Crippen LogP contribution in [-0.4, -0.2) is 36.4 Å². The molecule has 2 aliphatic heterocycles. The van der Waals surface area contributed by atoms with Crippen molar-refractivity contribution in [3.05, 3.63) is 29.8 Å². The first-order chi connectivity index (χ1) is 10.7. The van der Waals surface area contributed by atoms with E-state index >= 15 is 0 Å². The SMILES string of the molecule is NC(=NCc1ccc(N2CCCC2=O)cc1)N1CCCCC1. The van der Waals surface area contributed by atoms with Gasteiger partial charge in [-0.15, -0.1) is 0 Å². The second kappa shape index (κ2) is 6.81. The Kier molecular flexibility index (Phi) is 4.61. The molecule has 2 heterocycles. The number of rotatable bonds is 3. The number of likely N-dealkylation sites (tertiary alicyclic amines) is 1. The smallest absolute Gasteiger partial charge is 0.227 e. The van der Waals surface area contributed by atoms with E-state index in [1.807, 2.05) is 29.2 Å². The van der Waals surface area contributed by atoms with E-state index in [4.69, 9.17) is 5.73 Å². The maximum absolute atomic E-state index is 11.7. The number of aliphatic imine (C=N–C) groups is 1. The van der Waals surface area contributed by atoms with Crippen molar-refractivity contribution in [2.24, 2.45) is 10.7 Å². The molecule has 0 aliphatic carbocycles. The molecule has 1 amide bonds. The molecule has 1 aromatic carbocycles. The van der Waals surface area contributed by atoms with Gasteiger partial charge in [-0.2, -0.15) is 0 Å². The Balaban J connectivity index is 1.59. The molecule has 5 heteroatoms. The van der Waals surface area contributed by atoms with Crippen molar-refractivity contribution >= 4 is 17.6 Å². The van der Waals surface area contributed by atoms with Crippen LogP contribution in [0.25, 0.3) is 0 Å². The highest BCUT2D eigenvalue weighted by molar-refractivity contribution is 5.95. The molecule has 5 nitrogen and oxygen atoms in total. The molecule has 0 aromatic heterocycles. The summed E-state index contributed by atoms with van der Waals surface area (Å²) in [7, 11) is 0. The van der Waals surface area contributed by atoms with Gasteiger partial charge in [-0.1, -0.05) is 12.1 Å². The van der Waals surface area contributed by atoms with Gasteiger partial charge in [0.1, 0.15) is 0 Å². The van der Waals surface area contributed by atoms with Crippen LogP contribution in [0.15, 0.2) is 29.3 Å². The maximum Gasteiger partial charge on any atom is 0.227 e. The van der Waals surface area contributed by atoms with Crippen LogP contribution in [0.1, 0.15) is 37.7 Å². The summed E-state index contributed by atoms with van der Waals surface area (Å²) in [6.45, 7) is 3.46. The summed E-state index contributed by atoms with van der Waals surface area (Å²) in [5, 5.41) is 0. The summed E-state index contributed by atoms with van der Waals surface area (Å²) in [4.78, 5) is 20.3. The van der Waals surface area contributed by atoms with Gasteiger partial charge in [0.15, 0.2) is 5.96 Å². The van der Waals surface area contributed by atoms with E-state index in [9.17, 15) is 4.79 Å². The van der Waals surface area contributed by atoms with Gasteiger partial charge in [-0.05, 0) is 43.4 Å². The average molecular weight is 300 g/mol. The highest BCUT2D eigenvalue weighted by Gasteiger charge is 2.21. The molecule has 2 fully saturated rings. The number of amides is 1. The van der Waals surface area contributed by atoms with Gasteiger partial charge in [0.25, 0.3) is 0 Å². The number of hydrogen-bond acceptors (Lipinski definition) is 2.